The Morgan fingerprint density at radius 2 is 1.77 bits per heavy atom. The number of imidazole rings is 1. The number of aromatic nitrogens is 2. The van der Waals surface area contributed by atoms with Crippen LogP contribution in [0.5, 0.6) is 11.5 Å². The second-order valence-electron chi connectivity index (χ2n) is 6.45. The maximum Gasteiger partial charge on any atom is 0.326 e. The molecule has 0 radical (unpaired) electrons. The SMILES string of the molecule is N#Cc1cc(C#N)cc(Oc2c(Br)ccc(Cn3c(=O)[nH]c4ccccc43)c2F)c1. The van der Waals surface area contributed by atoms with Crippen molar-refractivity contribution >= 4 is 27.0 Å². The van der Waals surface area contributed by atoms with Crippen molar-refractivity contribution in [3.63, 3.8) is 0 Å². The van der Waals surface area contributed by atoms with E-state index in [-0.39, 0.29) is 40.4 Å². The van der Waals surface area contributed by atoms with Gasteiger partial charge in [0.05, 0.1) is 45.3 Å². The summed E-state index contributed by atoms with van der Waals surface area (Å²) in [5.41, 5.74) is 1.67. The van der Waals surface area contributed by atoms with Crippen molar-refractivity contribution in [3.8, 4) is 23.6 Å². The largest absolute Gasteiger partial charge is 0.453 e. The van der Waals surface area contributed by atoms with Crippen LogP contribution in [0, 0.1) is 28.5 Å². The number of nitrogens with one attached hydrogen (secondary N) is 1. The standard InChI is InChI=1S/C22H12BrFN4O2/c23-17-6-5-15(12-28-19-4-2-1-3-18(19)27-22(28)29)20(24)21(17)30-16-8-13(10-25)7-14(9-16)11-26/h1-9H,12H2,(H,27,29). The van der Waals surface area contributed by atoms with E-state index in [2.05, 4.69) is 20.9 Å². The number of halogens is 2. The second-order valence-corrected chi connectivity index (χ2v) is 7.31. The maximum absolute atomic E-state index is 15.3. The molecule has 0 aliphatic rings. The van der Waals surface area contributed by atoms with Gasteiger partial charge in [-0.15, -0.1) is 0 Å². The molecule has 1 aromatic heterocycles. The summed E-state index contributed by atoms with van der Waals surface area (Å²) in [5.74, 6) is -0.589. The van der Waals surface area contributed by atoms with Crippen LogP contribution in [-0.4, -0.2) is 9.55 Å². The number of aromatic amines is 1. The molecule has 0 bridgehead atoms. The van der Waals surface area contributed by atoms with Crippen molar-refractivity contribution in [1.29, 1.82) is 10.5 Å². The fraction of sp³-hybridized carbons (Fsp3) is 0.0455. The Balaban J connectivity index is 1.75. The molecule has 146 valence electrons. The van der Waals surface area contributed by atoms with E-state index in [1.807, 2.05) is 12.1 Å². The highest BCUT2D eigenvalue weighted by Gasteiger charge is 2.17. The predicted octanol–water partition coefficient (Wildman–Crippen LogP) is 4.82. The molecule has 0 saturated carbocycles. The molecule has 6 nitrogen and oxygen atoms in total. The van der Waals surface area contributed by atoms with Crippen molar-refractivity contribution in [2.45, 2.75) is 6.54 Å². The lowest BCUT2D eigenvalue weighted by Crippen LogP contribution is -2.18. The van der Waals surface area contributed by atoms with E-state index in [1.165, 1.54) is 22.8 Å². The van der Waals surface area contributed by atoms with Gasteiger partial charge in [0.25, 0.3) is 0 Å². The number of rotatable bonds is 4. The minimum absolute atomic E-state index is 0.000000787. The number of fused-ring (bicyclic) bond motifs is 1. The minimum Gasteiger partial charge on any atom is -0.453 e. The van der Waals surface area contributed by atoms with Gasteiger partial charge in [-0.2, -0.15) is 10.5 Å². The van der Waals surface area contributed by atoms with Crippen LogP contribution in [0.1, 0.15) is 16.7 Å². The molecule has 0 unspecified atom stereocenters. The van der Waals surface area contributed by atoms with E-state index in [0.717, 1.165) is 0 Å². The molecule has 1 heterocycles. The molecule has 0 fully saturated rings. The minimum atomic E-state index is -0.651. The molecule has 0 aliphatic carbocycles. The van der Waals surface area contributed by atoms with Gasteiger partial charge in [-0.1, -0.05) is 18.2 Å². The molecular formula is C22H12BrFN4O2. The maximum atomic E-state index is 15.3. The van der Waals surface area contributed by atoms with Crippen LogP contribution >= 0.6 is 15.9 Å². The number of para-hydroxylation sites is 2. The molecule has 0 saturated heterocycles. The van der Waals surface area contributed by atoms with Crippen LogP contribution in [0.2, 0.25) is 0 Å². The van der Waals surface area contributed by atoms with Gasteiger partial charge in [-0.3, -0.25) is 4.57 Å². The molecular weight excluding hydrogens is 451 g/mol. The number of nitrogens with zero attached hydrogens (tertiary/aromatic N) is 3. The van der Waals surface area contributed by atoms with E-state index < -0.39 is 5.82 Å². The summed E-state index contributed by atoms with van der Waals surface area (Å²) < 4.78 is 22.8. The van der Waals surface area contributed by atoms with Gasteiger partial charge < -0.3 is 9.72 Å². The monoisotopic (exact) mass is 462 g/mol. The summed E-state index contributed by atoms with van der Waals surface area (Å²) in [4.78, 5) is 15.1. The topological polar surface area (TPSA) is 94.6 Å². The van der Waals surface area contributed by atoms with Crippen LogP contribution in [0.15, 0.2) is 63.9 Å². The second kappa shape index (κ2) is 7.86. The fourth-order valence-corrected chi connectivity index (χ4v) is 3.52. The van der Waals surface area contributed by atoms with Crippen molar-refractivity contribution < 1.29 is 9.13 Å². The van der Waals surface area contributed by atoms with Crippen molar-refractivity contribution in [2.75, 3.05) is 0 Å². The van der Waals surface area contributed by atoms with E-state index >= 15 is 4.39 Å². The van der Waals surface area contributed by atoms with Crippen LogP contribution in [-0.2, 0) is 6.54 Å². The molecule has 0 spiro atoms. The average Bonchev–Trinajstić information content (AvgIpc) is 3.07. The summed E-state index contributed by atoms with van der Waals surface area (Å²) in [5, 5.41) is 18.2. The van der Waals surface area contributed by atoms with Crippen LogP contribution in [0.3, 0.4) is 0 Å². The normalized spacial score (nSPS) is 10.5. The highest BCUT2D eigenvalue weighted by atomic mass is 79.9. The molecule has 3 aromatic carbocycles. The Labute approximate surface area is 178 Å². The van der Waals surface area contributed by atoms with Crippen molar-refractivity contribution in [2.24, 2.45) is 0 Å². The zero-order valence-electron chi connectivity index (χ0n) is 15.3. The Hall–Kier alpha value is -3.88. The number of hydrogen-bond acceptors (Lipinski definition) is 4. The third-order valence-corrected chi connectivity index (χ3v) is 5.15. The zero-order valence-corrected chi connectivity index (χ0v) is 16.9. The van der Waals surface area contributed by atoms with E-state index in [4.69, 9.17) is 15.3 Å². The Bertz CT molecular complexity index is 1390. The highest BCUT2D eigenvalue weighted by molar-refractivity contribution is 9.10. The predicted molar refractivity (Wildman–Crippen MR) is 112 cm³/mol. The summed E-state index contributed by atoms with van der Waals surface area (Å²) in [7, 11) is 0. The first-order valence-corrected chi connectivity index (χ1v) is 9.57. The lowest BCUT2D eigenvalue weighted by molar-refractivity contribution is 0.434. The lowest BCUT2D eigenvalue weighted by Gasteiger charge is -2.13. The molecule has 4 aromatic rings. The zero-order chi connectivity index (χ0) is 21.3. The summed E-state index contributed by atoms with van der Waals surface area (Å²) in [6.45, 7) is 0.000000787. The summed E-state index contributed by atoms with van der Waals surface area (Å²) in [6.07, 6.45) is 0. The van der Waals surface area contributed by atoms with Gasteiger partial charge in [-0.25, -0.2) is 9.18 Å². The van der Waals surface area contributed by atoms with Gasteiger partial charge in [0.1, 0.15) is 5.75 Å². The average molecular weight is 463 g/mol. The van der Waals surface area contributed by atoms with Crippen molar-refractivity contribution in [1.82, 2.24) is 9.55 Å². The summed E-state index contributed by atoms with van der Waals surface area (Å²) in [6, 6.07) is 18.5. The van der Waals surface area contributed by atoms with E-state index in [1.54, 1.807) is 36.4 Å². The number of benzene rings is 3. The highest BCUT2D eigenvalue weighted by Crippen LogP contribution is 2.35. The van der Waals surface area contributed by atoms with E-state index in [9.17, 15) is 4.79 Å². The van der Waals surface area contributed by atoms with Crippen molar-refractivity contribution in [3.05, 3.63) is 92.1 Å². The first kappa shape index (κ1) is 19.4. The van der Waals surface area contributed by atoms with E-state index in [0.29, 0.717) is 15.5 Å². The van der Waals surface area contributed by atoms with Gasteiger partial charge in [-0.05, 0) is 52.3 Å². The van der Waals surface area contributed by atoms with Gasteiger partial charge in [0.2, 0.25) is 0 Å². The molecule has 0 amide bonds. The molecule has 30 heavy (non-hydrogen) atoms. The van der Waals surface area contributed by atoms with Gasteiger partial charge in [0, 0.05) is 5.56 Å². The number of nitriles is 2. The van der Waals surface area contributed by atoms with Gasteiger partial charge >= 0.3 is 5.69 Å². The summed E-state index contributed by atoms with van der Waals surface area (Å²) >= 11 is 3.27. The third kappa shape index (κ3) is 3.57. The molecule has 1 N–H and O–H groups in total. The first-order chi connectivity index (χ1) is 14.5. The Morgan fingerprint density at radius 3 is 2.47 bits per heavy atom. The Morgan fingerprint density at radius 1 is 1.07 bits per heavy atom. The fourth-order valence-electron chi connectivity index (χ4n) is 3.13. The number of hydrogen-bond donors (Lipinski definition) is 1. The first-order valence-electron chi connectivity index (χ1n) is 8.77. The number of H-pyrrole nitrogens is 1. The Kier molecular flexibility index (Phi) is 5.09. The number of ether oxygens (including phenoxy) is 1. The molecule has 8 heteroatoms. The van der Waals surface area contributed by atoms with Gasteiger partial charge in [0.15, 0.2) is 11.6 Å². The molecule has 4 rings (SSSR count). The third-order valence-electron chi connectivity index (χ3n) is 4.52. The molecule has 0 atom stereocenters. The smallest absolute Gasteiger partial charge is 0.326 e. The van der Waals surface area contributed by atoms with Crippen LogP contribution in [0.25, 0.3) is 11.0 Å². The van der Waals surface area contributed by atoms with Crippen LogP contribution < -0.4 is 10.4 Å². The van der Waals surface area contributed by atoms with Crippen LogP contribution in [0.4, 0.5) is 4.39 Å². The quantitative estimate of drug-likeness (QED) is 0.470. The molecule has 0 aliphatic heterocycles. The lowest BCUT2D eigenvalue weighted by atomic mass is 10.1.